The minimum atomic E-state index is -1.75. The van der Waals surface area contributed by atoms with Gasteiger partial charge in [0, 0.05) is 18.2 Å². The van der Waals surface area contributed by atoms with Crippen LogP contribution in [0.15, 0.2) is 108 Å². The molecule has 0 fully saturated rings. The van der Waals surface area contributed by atoms with Crippen LogP contribution in [0.4, 0.5) is 0 Å². The highest BCUT2D eigenvalue weighted by atomic mass is 16.7. The van der Waals surface area contributed by atoms with Gasteiger partial charge in [0.2, 0.25) is 5.60 Å². The molecule has 38 heavy (non-hydrogen) atoms. The summed E-state index contributed by atoms with van der Waals surface area (Å²) in [5, 5.41) is 29.2. The molecular formula is C30H29BN2O5. The van der Waals surface area contributed by atoms with Gasteiger partial charge in [-0.3, -0.25) is 4.79 Å². The lowest BCUT2D eigenvalue weighted by Crippen LogP contribution is -2.56. The molecule has 4 aromatic rings. The number of amides is 1. The van der Waals surface area contributed by atoms with Crippen LogP contribution in [0.25, 0.3) is 10.8 Å². The van der Waals surface area contributed by atoms with Crippen molar-refractivity contribution in [3.63, 3.8) is 0 Å². The van der Waals surface area contributed by atoms with Crippen LogP contribution >= 0.6 is 0 Å². The largest absolute Gasteiger partial charge is 0.487 e. The van der Waals surface area contributed by atoms with Crippen molar-refractivity contribution >= 4 is 29.5 Å². The molecule has 0 aromatic heterocycles. The summed E-state index contributed by atoms with van der Waals surface area (Å²) in [5.41, 5.74) is 1.02. The number of carbonyl (C=O) groups is 1. The van der Waals surface area contributed by atoms with E-state index in [2.05, 4.69) is 10.5 Å². The van der Waals surface area contributed by atoms with Crippen molar-refractivity contribution in [1.82, 2.24) is 5.32 Å². The van der Waals surface area contributed by atoms with Crippen LogP contribution in [-0.4, -0.2) is 46.9 Å². The zero-order valence-electron chi connectivity index (χ0n) is 20.9. The highest BCUT2D eigenvalue weighted by Crippen LogP contribution is 2.31. The predicted octanol–water partition coefficient (Wildman–Crippen LogP) is 3.72. The van der Waals surface area contributed by atoms with E-state index in [1.807, 2.05) is 103 Å². The lowest BCUT2D eigenvalue weighted by molar-refractivity contribution is -0.144. The quantitative estimate of drug-likeness (QED) is 0.284. The molecule has 192 valence electrons. The Labute approximate surface area is 221 Å². The fraction of sp³-hybridized carbons (Fsp3) is 0.200. The molecule has 0 saturated heterocycles. The molecule has 1 unspecified atom stereocenters. The van der Waals surface area contributed by atoms with Gasteiger partial charge in [0.05, 0.1) is 11.7 Å². The first-order chi connectivity index (χ1) is 18.5. The third kappa shape index (κ3) is 5.88. The first kappa shape index (κ1) is 25.5. The molecule has 8 heteroatoms. The van der Waals surface area contributed by atoms with E-state index in [1.54, 1.807) is 0 Å². The molecule has 5 rings (SSSR count). The topological polar surface area (TPSA) is 100 Å². The molecule has 1 aliphatic rings. The highest BCUT2D eigenvalue weighted by Gasteiger charge is 2.48. The van der Waals surface area contributed by atoms with Crippen LogP contribution in [0.1, 0.15) is 17.5 Å². The van der Waals surface area contributed by atoms with E-state index in [1.165, 1.54) is 0 Å². The average molecular weight is 508 g/mol. The summed E-state index contributed by atoms with van der Waals surface area (Å²) in [6.07, 6.45) is 0.724. The molecule has 1 aliphatic heterocycles. The summed E-state index contributed by atoms with van der Waals surface area (Å²) in [4.78, 5) is 19.6. The second-order valence-electron chi connectivity index (χ2n) is 9.53. The Kier molecular flexibility index (Phi) is 7.72. The number of hydrogen-bond donors (Lipinski definition) is 3. The van der Waals surface area contributed by atoms with Crippen molar-refractivity contribution in [1.29, 1.82) is 0 Å². The van der Waals surface area contributed by atoms with Gasteiger partial charge in [-0.15, -0.1) is 0 Å². The summed E-state index contributed by atoms with van der Waals surface area (Å²) in [6, 6.07) is 32.7. The van der Waals surface area contributed by atoms with E-state index in [0.717, 1.165) is 27.6 Å². The zero-order chi connectivity index (χ0) is 26.4. The molecule has 3 N–H and O–H groups in total. The third-order valence-electron chi connectivity index (χ3n) is 6.70. The predicted molar refractivity (Wildman–Crippen MR) is 148 cm³/mol. The molecule has 1 amide bonds. The van der Waals surface area contributed by atoms with Crippen molar-refractivity contribution in [2.45, 2.75) is 30.8 Å². The van der Waals surface area contributed by atoms with Crippen molar-refractivity contribution in [3.05, 3.63) is 114 Å². The summed E-state index contributed by atoms with van der Waals surface area (Å²) in [5.74, 6) is -0.654. The van der Waals surface area contributed by atoms with Crippen LogP contribution in [0.2, 0.25) is 0 Å². The molecule has 2 atom stereocenters. The number of fused-ring (bicyclic) bond motifs is 1. The van der Waals surface area contributed by atoms with Crippen molar-refractivity contribution in [3.8, 4) is 5.75 Å². The van der Waals surface area contributed by atoms with Crippen LogP contribution in [0.5, 0.6) is 5.75 Å². The molecule has 4 aromatic carbocycles. The normalized spacial score (nSPS) is 17.4. The highest BCUT2D eigenvalue weighted by molar-refractivity contribution is 6.43. The smallest absolute Gasteiger partial charge is 0.475 e. The number of benzene rings is 4. The van der Waals surface area contributed by atoms with Gasteiger partial charge in [-0.05, 0) is 29.0 Å². The van der Waals surface area contributed by atoms with E-state index >= 15 is 0 Å². The van der Waals surface area contributed by atoms with Gasteiger partial charge in [0.1, 0.15) is 12.4 Å². The summed E-state index contributed by atoms with van der Waals surface area (Å²) < 4.78 is 6.10. The summed E-state index contributed by atoms with van der Waals surface area (Å²) in [7, 11) is -1.75. The van der Waals surface area contributed by atoms with Crippen molar-refractivity contribution in [2.75, 3.05) is 6.61 Å². The number of nitrogens with one attached hydrogen (secondary N) is 1. The van der Waals surface area contributed by atoms with E-state index < -0.39 is 24.6 Å². The first-order valence-electron chi connectivity index (χ1n) is 12.6. The van der Waals surface area contributed by atoms with Crippen molar-refractivity contribution < 1.29 is 24.4 Å². The van der Waals surface area contributed by atoms with Crippen LogP contribution in [0.3, 0.4) is 0 Å². The Hall–Kier alpha value is -4.14. The van der Waals surface area contributed by atoms with Gasteiger partial charge in [0.25, 0.3) is 5.91 Å². The van der Waals surface area contributed by atoms with E-state index in [4.69, 9.17) is 9.57 Å². The van der Waals surface area contributed by atoms with Gasteiger partial charge in [-0.25, -0.2) is 0 Å². The molecule has 0 saturated carbocycles. The lowest BCUT2D eigenvalue weighted by atomic mass is 9.75. The zero-order valence-corrected chi connectivity index (χ0v) is 20.9. The monoisotopic (exact) mass is 508 g/mol. The Morgan fingerprint density at radius 2 is 1.58 bits per heavy atom. The van der Waals surface area contributed by atoms with E-state index in [9.17, 15) is 14.8 Å². The number of nitrogens with zero attached hydrogens (tertiary/aromatic N) is 1. The van der Waals surface area contributed by atoms with Gasteiger partial charge in [0.15, 0.2) is 0 Å². The SMILES string of the molecule is O=C(N[C@@H](Cc1ccccc1)B(O)O)C1(Cc2ccccc2)CC(COc2cccc3ccccc23)=NO1. The fourth-order valence-corrected chi connectivity index (χ4v) is 4.73. The van der Waals surface area contributed by atoms with Gasteiger partial charge >= 0.3 is 7.12 Å². The molecule has 0 aliphatic carbocycles. The Balaban J connectivity index is 1.33. The first-order valence-corrected chi connectivity index (χ1v) is 12.6. The van der Waals surface area contributed by atoms with Crippen LogP contribution < -0.4 is 10.1 Å². The van der Waals surface area contributed by atoms with Gasteiger partial charge < -0.3 is 24.9 Å². The Morgan fingerprint density at radius 3 is 2.32 bits per heavy atom. The summed E-state index contributed by atoms with van der Waals surface area (Å²) in [6.45, 7) is 0.161. The lowest BCUT2D eigenvalue weighted by Gasteiger charge is -2.28. The van der Waals surface area contributed by atoms with Crippen LogP contribution in [-0.2, 0) is 22.5 Å². The second kappa shape index (κ2) is 11.5. The molecule has 1 heterocycles. The molecular weight excluding hydrogens is 479 g/mol. The van der Waals surface area contributed by atoms with E-state index in [0.29, 0.717) is 5.71 Å². The molecule has 0 radical (unpaired) electrons. The minimum absolute atomic E-state index is 0.161. The molecule has 0 spiro atoms. The maximum absolute atomic E-state index is 13.7. The number of rotatable bonds is 10. The molecule has 7 nitrogen and oxygen atoms in total. The minimum Gasteiger partial charge on any atom is -0.487 e. The number of oxime groups is 1. The third-order valence-corrected chi connectivity index (χ3v) is 6.70. The maximum Gasteiger partial charge on any atom is 0.475 e. The van der Waals surface area contributed by atoms with E-state index in [-0.39, 0.29) is 25.9 Å². The second-order valence-corrected chi connectivity index (χ2v) is 9.53. The van der Waals surface area contributed by atoms with Gasteiger partial charge in [-0.1, -0.05) is 102 Å². The fourth-order valence-electron chi connectivity index (χ4n) is 4.73. The van der Waals surface area contributed by atoms with Crippen molar-refractivity contribution in [2.24, 2.45) is 5.16 Å². The van der Waals surface area contributed by atoms with Gasteiger partial charge in [-0.2, -0.15) is 0 Å². The maximum atomic E-state index is 13.7. The van der Waals surface area contributed by atoms with Crippen LogP contribution in [0, 0.1) is 0 Å². The average Bonchev–Trinajstić information content (AvgIpc) is 3.36. The number of hydrogen-bond acceptors (Lipinski definition) is 6. The number of ether oxygens (including phenoxy) is 1. The number of carbonyl (C=O) groups excluding carboxylic acids is 1. The summed E-state index contributed by atoms with van der Waals surface area (Å²) >= 11 is 0. The Morgan fingerprint density at radius 1 is 0.921 bits per heavy atom. The Bertz CT molecular complexity index is 1410. The molecule has 0 bridgehead atoms. The standard InChI is InChI=1S/C30H29BN2O5/c34-29(32-28(31(35)36)18-22-10-3-1-4-11-22)30(19-23-12-5-2-6-13-23)20-25(33-38-30)21-37-27-17-9-15-24-14-7-8-16-26(24)27/h1-17,28,35-36H,18-21H2,(H,32,34)/t28-,30?/m0/s1.